The van der Waals surface area contributed by atoms with E-state index in [1.54, 1.807) is 43.4 Å². The molecule has 1 saturated carbocycles. The van der Waals surface area contributed by atoms with E-state index in [0.29, 0.717) is 40.7 Å². The molecular weight excluding hydrogens is 560 g/mol. The number of hydrogen-bond donors (Lipinski definition) is 2. The van der Waals surface area contributed by atoms with Crippen molar-refractivity contribution in [3.63, 3.8) is 0 Å². The van der Waals surface area contributed by atoms with Crippen LogP contribution in [0, 0.1) is 5.92 Å². The molecule has 0 bridgehead atoms. The molecular formula is C30H39ClN6O3S. The van der Waals surface area contributed by atoms with E-state index in [9.17, 15) is 13.2 Å². The van der Waals surface area contributed by atoms with Gasteiger partial charge in [0.25, 0.3) is 0 Å². The Bertz CT molecular complexity index is 1500. The normalized spacial score (nSPS) is 23.5. The molecule has 4 atom stereocenters. The number of anilines is 2. The lowest BCUT2D eigenvalue weighted by atomic mass is 9.81. The predicted molar refractivity (Wildman–Crippen MR) is 164 cm³/mol. The zero-order valence-corrected chi connectivity index (χ0v) is 25.6. The number of aromatic nitrogens is 2. The Hall–Kier alpha value is -2.95. The molecule has 9 nitrogen and oxygen atoms in total. The summed E-state index contributed by atoms with van der Waals surface area (Å²) in [5.74, 6) is 0.827. The number of amides is 1. The summed E-state index contributed by atoms with van der Waals surface area (Å²) in [6.45, 7) is 4.88. The molecule has 1 amide bonds. The van der Waals surface area contributed by atoms with Crippen LogP contribution in [0.1, 0.15) is 39.5 Å². The van der Waals surface area contributed by atoms with Crippen LogP contribution in [-0.2, 0) is 14.6 Å². The second-order valence-electron chi connectivity index (χ2n) is 11.5. The van der Waals surface area contributed by atoms with Crippen molar-refractivity contribution in [1.82, 2.24) is 19.8 Å². The van der Waals surface area contributed by atoms with Crippen LogP contribution in [0.3, 0.4) is 0 Å². The van der Waals surface area contributed by atoms with E-state index < -0.39 is 15.9 Å². The number of carbonyl (C=O) groups excluding carboxylic acids is 1. The summed E-state index contributed by atoms with van der Waals surface area (Å²) < 4.78 is 27.0. The summed E-state index contributed by atoms with van der Waals surface area (Å²) >= 11 is 6.27. The number of benzene rings is 2. The van der Waals surface area contributed by atoms with Crippen LogP contribution in [0.15, 0.2) is 53.4 Å². The molecule has 0 radical (unpaired) electrons. The molecule has 1 saturated heterocycles. The standard InChI is InChI=1S/C30H39ClN6O3S/c1-19(2)36(4)22-11-13-27(20(16-22)18-41(39,40)23-8-6-5-7-9-23)37-15-14-26(29(37)38)33-28-24-17-21(31)10-12-25(24)34-30(32-3)35-28/h5-10,12,17,19-20,22,26-27H,11,13-16,18H2,1-4H3,(H2,32,33,34,35)/t20-,22+,26-,27-/m0/s1. The van der Waals surface area contributed by atoms with Gasteiger partial charge < -0.3 is 20.4 Å². The van der Waals surface area contributed by atoms with Crippen molar-refractivity contribution in [3.05, 3.63) is 53.6 Å². The summed E-state index contributed by atoms with van der Waals surface area (Å²) in [5.41, 5.74) is 0.720. The minimum absolute atomic E-state index is 0.0204. The number of fused-ring (bicyclic) bond motifs is 1. The Morgan fingerprint density at radius 3 is 2.56 bits per heavy atom. The van der Waals surface area contributed by atoms with Gasteiger partial charge in [-0.25, -0.2) is 13.4 Å². The second-order valence-corrected chi connectivity index (χ2v) is 13.9. The Balaban J connectivity index is 1.39. The van der Waals surface area contributed by atoms with E-state index in [2.05, 4.69) is 46.4 Å². The van der Waals surface area contributed by atoms with E-state index in [4.69, 9.17) is 11.6 Å². The highest BCUT2D eigenvalue weighted by molar-refractivity contribution is 7.91. The third-order valence-corrected chi connectivity index (χ3v) is 10.8. The molecule has 220 valence electrons. The molecule has 2 heterocycles. The Labute approximate surface area is 247 Å². The largest absolute Gasteiger partial charge is 0.358 e. The third kappa shape index (κ3) is 6.29. The van der Waals surface area contributed by atoms with E-state index >= 15 is 0 Å². The number of sulfone groups is 1. The summed E-state index contributed by atoms with van der Waals surface area (Å²) in [6.07, 6.45) is 3.02. The van der Waals surface area contributed by atoms with E-state index in [0.717, 1.165) is 30.2 Å². The first-order valence-corrected chi connectivity index (χ1v) is 16.3. The number of hydrogen-bond acceptors (Lipinski definition) is 8. The lowest BCUT2D eigenvalue weighted by molar-refractivity contribution is -0.132. The maximum Gasteiger partial charge on any atom is 0.245 e. The number of rotatable bonds is 9. The SMILES string of the molecule is CNc1nc(N[C@H]2CCN([C@H]3CC[C@@H](N(C)C(C)C)C[C@H]3CS(=O)(=O)c3ccccc3)C2=O)c2cc(Cl)ccc2n1. The monoisotopic (exact) mass is 598 g/mol. The highest BCUT2D eigenvalue weighted by Gasteiger charge is 2.44. The zero-order valence-electron chi connectivity index (χ0n) is 24.0. The third-order valence-electron chi connectivity index (χ3n) is 8.67. The second kappa shape index (κ2) is 12.1. The van der Waals surface area contributed by atoms with Crippen LogP contribution in [-0.4, -0.2) is 84.7 Å². The van der Waals surface area contributed by atoms with Crippen LogP contribution in [0.25, 0.3) is 10.9 Å². The summed E-state index contributed by atoms with van der Waals surface area (Å²) in [6, 6.07) is 14.1. The van der Waals surface area contributed by atoms with Crippen LogP contribution < -0.4 is 10.6 Å². The lowest BCUT2D eigenvalue weighted by Gasteiger charge is -2.44. The summed E-state index contributed by atoms with van der Waals surface area (Å²) in [5, 5.41) is 7.65. The van der Waals surface area contributed by atoms with E-state index in [1.165, 1.54) is 0 Å². The zero-order chi connectivity index (χ0) is 29.3. The van der Waals surface area contributed by atoms with Crippen molar-refractivity contribution < 1.29 is 13.2 Å². The fraction of sp³-hybridized carbons (Fsp3) is 0.500. The van der Waals surface area contributed by atoms with Gasteiger partial charge in [-0.2, -0.15) is 4.98 Å². The first-order valence-electron chi connectivity index (χ1n) is 14.3. The average Bonchev–Trinajstić information content (AvgIpc) is 3.32. The molecule has 2 N–H and O–H groups in total. The topological polar surface area (TPSA) is 108 Å². The maximum atomic E-state index is 13.9. The van der Waals surface area contributed by atoms with Gasteiger partial charge in [-0.15, -0.1) is 0 Å². The molecule has 1 aromatic heterocycles. The van der Waals surface area contributed by atoms with Gasteiger partial charge in [0.1, 0.15) is 11.9 Å². The van der Waals surface area contributed by atoms with Gasteiger partial charge in [0.2, 0.25) is 11.9 Å². The fourth-order valence-electron chi connectivity index (χ4n) is 6.26. The predicted octanol–water partition coefficient (Wildman–Crippen LogP) is 4.69. The molecule has 3 aromatic rings. The van der Waals surface area contributed by atoms with Crippen molar-refractivity contribution >= 4 is 50.0 Å². The molecule has 2 fully saturated rings. The number of carbonyl (C=O) groups is 1. The first-order chi connectivity index (χ1) is 19.6. The van der Waals surface area contributed by atoms with E-state index in [-0.39, 0.29) is 29.7 Å². The van der Waals surface area contributed by atoms with Crippen LogP contribution >= 0.6 is 11.6 Å². The minimum atomic E-state index is -3.52. The van der Waals surface area contributed by atoms with Crippen molar-refractivity contribution in [3.8, 4) is 0 Å². The Morgan fingerprint density at radius 2 is 1.85 bits per heavy atom. The smallest absolute Gasteiger partial charge is 0.245 e. The molecule has 1 aliphatic heterocycles. The molecule has 11 heteroatoms. The lowest BCUT2D eigenvalue weighted by Crippen LogP contribution is -2.52. The number of likely N-dealkylation sites (tertiary alicyclic amines) is 1. The van der Waals surface area contributed by atoms with Gasteiger partial charge in [-0.3, -0.25) is 4.79 Å². The Kier molecular flexibility index (Phi) is 8.73. The molecule has 5 rings (SSSR count). The number of halogens is 1. The quantitative estimate of drug-likeness (QED) is 0.365. The number of nitrogens with one attached hydrogen (secondary N) is 2. The van der Waals surface area contributed by atoms with Gasteiger partial charge in [0.15, 0.2) is 9.84 Å². The Morgan fingerprint density at radius 1 is 1.10 bits per heavy atom. The van der Waals surface area contributed by atoms with Gasteiger partial charge in [0, 0.05) is 42.1 Å². The van der Waals surface area contributed by atoms with Gasteiger partial charge in [0.05, 0.1) is 16.2 Å². The molecule has 0 spiro atoms. The molecule has 2 aromatic carbocycles. The summed E-state index contributed by atoms with van der Waals surface area (Å²) in [7, 11) is 0.342. The average molecular weight is 599 g/mol. The van der Waals surface area contributed by atoms with Crippen LogP contribution in [0.2, 0.25) is 5.02 Å². The van der Waals surface area contributed by atoms with Crippen molar-refractivity contribution in [2.75, 3.05) is 37.0 Å². The highest BCUT2D eigenvalue weighted by Crippen LogP contribution is 2.36. The van der Waals surface area contributed by atoms with Gasteiger partial charge in [-0.1, -0.05) is 29.8 Å². The van der Waals surface area contributed by atoms with Crippen molar-refractivity contribution in [2.45, 2.75) is 68.6 Å². The molecule has 0 unspecified atom stereocenters. The van der Waals surface area contributed by atoms with Crippen molar-refractivity contribution in [1.29, 1.82) is 0 Å². The van der Waals surface area contributed by atoms with Gasteiger partial charge in [-0.05, 0) is 82.8 Å². The fourth-order valence-corrected chi connectivity index (χ4v) is 8.12. The molecule has 2 aliphatic rings. The maximum absolute atomic E-state index is 13.9. The summed E-state index contributed by atoms with van der Waals surface area (Å²) in [4.78, 5) is 27.6. The first kappa shape index (κ1) is 29.5. The number of nitrogens with zero attached hydrogens (tertiary/aromatic N) is 4. The highest BCUT2D eigenvalue weighted by atomic mass is 35.5. The van der Waals surface area contributed by atoms with Crippen LogP contribution in [0.5, 0.6) is 0 Å². The molecule has 1 aliphatic carbocycles. The van der Waals surface area contributed by atoms with E-state index in [1.807, 2.05) is 17.0 Å². The van der Waals surface area contributed by atoms with Crippen molar-refractivity contribution in [2.24, 2.45) is 5.92 Å². The van der Waals surface area contributed by atoms with Gasteiger partial charge >= 0.3 is 0 Å². The van der Waals surface area contributed by atoms with Crippen LogP contribution in [0.4, 0.5) is 11.8 Å². The molecule has 41 heavy (non-hydrogen) atoms. The minimum Gasteiger partial charge on any atom is -0.358 e.